The van der Waals surface area contributed by atoms with Crippen LogP contribution in [-0.4, -0.2) is 68.7 Å². The second-order valence-corrected chi connectivity index (χ2v) is 3.97. The molecule has 0 aromatic carbocycles. The van der Waals surface area contributed by atoms with E-state index in [0.29, 0.717) is 0 Å². The van der Waals surface area contributed by atoms with Crippen molar-refractivity contribution in [2.24, 2.45) is 17.2 Å². The van der Waals surface area contributed by atoms with Crippen LogP contribution < -0.4 is 17.2 Å². The molecule has 0 bridgehead atoms. The summed E-state index contributed by atoms with van der Waals surface area (Å²) in [6.45, 7) is -0.278. The van der Waals surface area contributed by atoms with Crippen LogP contribution in [0.5, 0.6) is 0 Å². The lowest BCUT2D eigenvalue weighted by Gasteiger charge is -2.01. The fraction of sp³-hybridized carbons (Fsp3) is 0.600. The standard InChI is InChI=1S/C5H9NO4.C3H7NO2S.C2H5NO2/c6-3(5(9)10)1-2-4(7)8;4-2(1-7)3(5)6;3-1-2(4)5/h3H,1-2,6H2,(H,7,8)(H,9,10);2,7H,1,4H2,(H,5,6);1,3H2,(H,4,5)/t3-;2-;/m00./s1. The van der Waals surface area contributed by atoms with Gasteiger partial charge in [-0.15, -0.1) is 0 Å². The van der Waals surface area contributed by atoms with Gasteiger partial charge in [-0.25, -0.2) is 0 Å². The van der Waals surface area contributed by atoms with E-state index in [4.69, 9.17) is 31.9 Å². The van der Waals surface area contributed by atoms with Gasteiger partial charge in [0.15, 0.2) is 0 Å². The van der Waals surface area contributed by atoms with Gasteiger partial charge in [-0.3, -0.25) is 19.2 Å². The summed E-state index contributed by atoms with van der Waals surface area (Å²) >= 11 is 3.65. The molecule has 0 aliphatic heterocycles. The number of hydrogen-bond acceptors (Lipinski definition) is 8. The summed E-state index contributed by atoms with van der Waals surface area (Å²) in [5.74, 6) is -3.98. The van der Waals surface area contributed by atoms with Gasteiger partial charge in [0.25, 0.3) is 0 Å². The van der Waals surface area contributed by atoms with E-state index >= 15 is 0 Å². The molecule has 130 valence electrons. The Balaban J connectivity index is -0.000000263. The lowest BCUT2D eigenvalue weighted by molar-refractivity contribution is -0.140. The Kier molecular flexibility index (Phi) is 17.7. The zero-order chi connectivity index (χ0) is 18.3. The number of aliphatic carboxylic acids is 4. The van der Waals surface area contributed by atoms with Crippen LogP contribution in [0.4, 0.5) is 0 Å². The first-order valence-electron chi connectivity index (χ1n) is 5.70. The van der Waals surface area contributed by atoms with Gasteiger partial charge in [0.1, 0.15) is 12.1 Å². The van der Waals surface area contributed by atoms with Crippen LogP contribution in [0.3, 0.4) is 0 Å². The van der Waals surface area contributed by atoms with Crippen molar-refractivity contribution in [3.63, 3.8) is 0 Å². The van der Waals surface area contributed by atoms with Gasteiger partial charge in [0.05, 0.1) is 6.54 Å². The number of carboxylic acids is 4. The molecule has 0 heterocycles. The van der Waals surface area contributed by atoms with Crippen LogP contribution in [-0.2, 0) is 19.2 Å². The van der Waals surface area contributed by atoms with Crippen molar-refractivity contribution in [2.75, 3.05) is 12.3 Å². The van der Waals surface area contributed by atoms with Gasteiger partial charge in [-0.1, -0.05) is 0 Å². The number of nitrogens with two attached hydrogens (primary N) is 3. The van der Waals surface area contributed by atoms with E-state index in [-0.39, 0.29) is 25.1 Å². The van der Waals surface area contributed by atoms with Crippen molar-refractivity contribution in [3.8, 4) is 0 Å². The predicted octanol–water partition coefficient (Wildman–Crippen LogP) is -2.38. The predicted molar refractivity (Wildman–Crippen MR) is 78.6 cm³/mol. The zero-order valence-electron chi connectivity index (χ0n) is 11.6. The molecule has 2 atom stereocenters. The SMILES string of the molecule is NCC(=O)O.N[C@@H](CCC(=O)O)C(=O)O.N[C@@H](CS)C(=O)O. The Morgan fingerprint density at radius 1 is 0.864 bits per heavy atom. The molecule has 0 spiro atoms. The van der Waals surface area contributed by atoms with Crippen molar-refractivity contribution in [1.29, 1.82) is 0 Å². The van der Waals surface area contributed by atoms with Gasteiger partial charge in [0.2, 0.25) is 0 Å². The summed E-state index contributed by atoms with van der Waals surface area (Å²) in [5, 5.41) is 31.9. The molecule has 0 unspecified atom stereocenters. The first-order valence-corrected chi connectivity index (χ1v) is 6.34. The Hall–Kier alpha value is -1.89. The first kappa shape index (κ1) is 25.1. The van der Waals surface area contributed by atoms with E-state index in [9.17, 15) is 19.2 Å². The molecule has 0 saturated heterocycles. The summed E-state index contributed by atoms with van der Waals surface area (Å²) in [5.41, 5.74) is 14.5. The number of carbonyl (C=O) groups is 4. The second kappa shape index (κ2) is 15.5. The molecule has 0 aliphatic rings. The summed E-state index contributed by atoms with van der Waals surface area (Å²) < 4.78 is 0. The molecule has 11 nitrogen and oxygen atoms in total. The van der Waals surface area contributed by atoms with E-state index < -0.39 is 36.0 Å². The molecule has 22 heavy (non-hydrogen) atoms. The third-order valence-electron chi connectivity index (χ3n) is 1.67. The molecule has 0 fully saturated rings. The number of thiol groups is 1. The maximum absolute atomic E-state index is 9.99. The Morgan fingerprint density at radius 2 is 1.23 bits per heavy atom. The molecule has 0 radical (unpaired) electrons. The number of hydrogen-bond donors (Lipinski definition) is 8. The van der Waals surface area contributed by atoms with Crippen LogP contribution in [0.25, 0.3) is 0 Å². The molecule has 0 aromatic heterocycles. The maximum Gasteiger partial charge on any atom is 0.321 e. The molecule has 0 rings (SSSR count). The smallest absolute Gasteiger partial charge is 0.321 e. The van der Waals surface area contributed by atoms with E-state index in [1.807, 2.05) is 0 Å². The molecule has 0 amide bonds. The van der Waals surface area contributed by atoms with Crippen LogP contribution in [0.15, 0.2) is 0 Å². The number of carboxylic acid groups (broad SMARTS) is 4. The third-order valence-corrected chi connectivity index (χ3v) is 2.07. The Bertz CT molecular complexity index is 366. The van der Waals surface area contributed by atoms with Gasteiger partial charge < -0.3 is 37.6 Å². The van der Waals surface area contributed by atoms with Crippen molar-refractivity contribution >= 4 is 36.5 Å². The molecular weight excluding hydrogens is 322 g/mol. The van der Waals surface area contributed by atoms with Crippen LogP contribution in [0.2, 0.25) is 0 Å². The van der Waals surface area contributed by atoms with E-state index in [1.165, 1.54) is 0 Å². The van der Waals surface area contributed by atoms with E-state index in [0.717, 1.165) is 0 Å². The van der Waals surface area contributed by atoms with E-state index in [1.54, 1.807) is 0 Å². The summed E-state index contributed by atoms with van der Waals surface area (Å²) in [6, 6.07) is -1.88. The van der Waals surface area contributed by atoms with Crippen LogP contribution in [0, 0.1) is 0 Å². The average molecular weight is 343 g/mol. The van der Waals surface area contributed by atoms with Gasteiger partial charge in [0, 0.05) is 12.2 Å². The highest BCUT2D eigenvalue weighted by molar-refractivity contribution is 7.80. The van der Waals surface area contributed by atoms with Crippen LogP contribution in [0.1, 0.15) is 12.8 Å². The Morgan fingerprint density at radius 3 is 1.36 bits per heavy atom. The van der Waals surface area contributed by atoms with Crippen molar-refractivity contribution in [3.05, 3.63) is 0 Å². The van der Waals surface area contributed by atoms with Crippen molar-refractivity contribution < 1.29 is 39.6 Å². The van der Waals surface area contributed by atoms with Crippen molar-refractivity contribution in [1.82, 2.24) is 0 Å². The van der Waals surface area contributed by atoms with Gasteiger partial charge >= 0.3 is 23.9 Å². The van der Waals surface area contributed by atoms with Gasteiger partial charge in [-0.05, 0) is 6.42 Å². The molecule has 0 aliphatic carbocycles. The minimum Gasteiger partial charge on any atom is -0.481 e. The van der Waals surface area contributed by atoms with Crippen LogP contribution >= 0.6 is 12.6 Å². The first-order chi connectivity index (χ1) is 9.99. The molecule has 10 N–H and O–H groups in total. The van der Waals surface area contributed by atoms with Crippen molar-refractivity contribution in [2.45, 2.75) is 24.9 Å². The highest BCUT2D eigenvalue weighted by atomic mass is 32.1. The normalized spacial score (nSPS) is 11.6. The molecule has 0 aromatic rings. The lowest BCUT2D eigenvalue weighted by atomic mass is 10.2. The molecule has 12 heteroatoms. The van der Waals surface area contributed by atoms with Gasteiger partial charge in [-0.2, -0.15) is 12.6 Å². The lowest BCUT2D eigenvalue weighted by Crippen LogP contribution is -2.31. The minimum absolute atomic E-state index is 0.0231. The van der Waals surface area contributed by atoms with E-state index in [2.05, 4.69) is 18.4 Å². The largest absolute Gasteiger partial charge is 0.481 e. The highest BCUT2D eigenvalue weighted by Crippen LogP contribution is 1.93. The monoisotopic (exact) mass is 343 g/mol. The minimum atomic E-state index is -1.17. The topological polar surface area (TPSA) is 227 Å². The second-order valence-electron chi connectivity index (χ2n) is 3.60. The fourth-order valence-electron chi connectivity index (χ4n) is 0.481. The summed E-state index contributed by atoms with van der Waals surface area (Å²) in [6.07, 6.45) is -0.224. The highest BCUT2D eigenvalue weighted by Gasteiger charge is 2.12. The maximum atomic E-state index is 9.99. The summed E-state index contributed by atoms with van der Waals surface area (Å²) in [7, 11) is 0. The summed E-state index contributed by atoms with van der Waals surface area (Å²) in [4.78, 5) is 38.9. The Labute approximate surface area is 131 Å². The average Bonchev–Trinajstić information content (AvgIpc) is 2.44. The number of rotatable bonds is 7. The fourth-order valence-corrected chi connectivity index (χ4v) is 0.637. The third kappa shape index (κ3) is 23.2. The zero-order valence-corrected chi connectivity index (χ0v) is 12.5. The molecule has 0 saturated carbocycles. The quantitative estimate of drug-likeness (QED) is 0.227. The molecular formula is C10H21N3O8S.